The Labute approximate surface area is 468 Å². The van der Waals surface area contributed by atoms with Crippen LogP contribution in [0.4, 0.5) is 0 Å². The second-order valence-electron chi connectivity index (χ2n) is 16.1. The fraction of sp³-hybridized carbons (Fsp3) is 0.100. The number of carboxylic acid groups (broad SMARTS) is 1. The number of hydrogen-bond donors (Lipinski definition) is 0. The van der Waals surface area contributed by atoms with Crippen molar-refractivity contribution in [2.24, 2.45) is 0 Å². The molecule has 0 N–H and O–H groups in total. The van der Waals surface area contributed by atoms with Crippen LogP contribution in [-0.2, 0) is 38.6 Å². The third-order valence-electron chi connectivity index (χ3n) is 11.3. The number of halogens is 3. The van der Waals surface area contributed by atoms with Crippen LogP contribution < -0.4 is 83.5 Å². The van der Waals surface area contributed by atoms with Gasteiger partial charge in [-0.3, -0.25) is 0 Å². The van der Waals surface area contributed by atoms with Crippen molar-refractivity contribution in [3.05, 3.63) is 277 Å². The summed E-state index contributed by atoms with van der Waals surface area (Å²) in [4.78, 5) is 21.2. The topological polar surface area (TPSA) is 66.4 Å². The van der Waals surface area contributed by atoms with Crippen LogP contribution in [-0.4, -0.2) is 11.9 Å². The smallest absolute Gasteiger partial charge is 1.00 e. The number of alkyl halides is 1. The molecular formula is C60H57Br3NaO4P2+. The number of hydrogen-bond acceptors (Lipinski definition) is 4. The Morgan fingerprint density at radius 3 is 0.886 bits per heavy atom. The van der Waals surface area contributed by atoms with Crippen LogP contribution in [0.3, 0.4) is 0 Å². The minimum atomic E-state index is -1.93. The van der Waals surface area contributed by atoms with Gasteiger partial charge in [0.05, 0.1) is 18.3 Å². The number of carboxylic acids is 1. The van der Waals surface area contributed by atoms with Crippen LogP contribution in [0.1, 0.15) is 36.1 Å². The maximum absolute atomic E-state index is 11.7. The van der Waals surface area contributed by atoms with E-state index in [0.29, 0.717) is 5.57 Å². The van der Waals surface area contributed by atoms with Gasteiger partial charge in [-0.05, 0) is 114 Å². The Balaban J connectivity index is 0.000000322. The van der Waals surface area contributed by atoms with E-state index in [-0.39, 0.29) is 81.7 Å². The van der Waals surface area contributed by atoms with Gasteiger partial charge in [-0.1, -0.05) is 187 Å². The first kappa shape index (κ1) is 59.8. The van der Waals surface area contributed by atoms with Crippen molar-refractivity contribution in [1.82, 2.24) is 0 Å². The molecule has 0 saturated heterocycles. The third-order valence-corrected chi connectivity index (χ3v) is 20.7. The minimum Gasteiger partial charge on any atom is -1.00 e. The van der Waals surface area contributed by atoms with E-state index in [0.717, 1.165) is 23.2 Å². The number of aliphatic carboxylic acids is 1. The number of carbonyl (C=O) groups excluding carboxylic acids is 2. The van der Waals surface area contributed by atoms with E-state index in [9.17, 15) is 14.7 Å². The van der Waals surface area contributed by atoms with Gasteiger partial charge < -0.3 is 31.6 Å². The molecule has 10 heteroatoms. The third kappa shape index (κ3) is 16.0. The maximum atomic E-state index is 11.7. The van der Waals surface area contributed by atoms with E-state index in [1.165, 1.54) is 55.4 Å². The summed E-state index contributed by atoms with van der Waals surface area (Å²) in [5, 5.41) is 18.8. The minimum absolute atomic E-state index is 0. The summed E-state index contributed by atoms with van der Waals surface area (Å²) in [5.74, 6) is -1.55. The molecule has 4 nitrogen and oxygen atoms in total. The Hall–Kier alpha value is -4.52. The molecular weight excluding hydrogens is 1110 g/mol. The predicted molar refractivity (Wildman–Crippen MR) is 298 cm³/mol. The Morgan fingerprint density at radius 2 is 0.671 bits per heavy atom. The van der Waals surface area contributed by atoms with Gasteiger partial charge in [0.1, 0.15) is 53.0 Å². The van der Waals surface area contributed by atoms with E-state index in [4.69, 9.17) is 4.74 Å². The summed E-state index contributed by atoms with van der Waals surface area (Å²) in [6.07, 6.45) is 1.93. The molecule has 0 aromatic heterocycles. The van der Waals surface area contributed by atoms with Crippen molar-refractivity contribution < 1.29 is 66.0 Å². The van der Waals surface area contributed by atoms with Crippen LogP contribution in [0, 0.1) is 0 Å². The molecule has 0 spiro atoms. The molecule has 70 heavy (non-hydrogen) atoms. The summed E-state index contributed by atoms with van der Waals surface area (Å²) in [6.45, 7) is 10.0. The zero-order valence-electron chi connectivity index (χ0n) is 39.9. The van der Waals surface area contributed by atoms with Crippen molar-refractivity contribution in [1.29, 1.82) is 0 Å². The summed E-state index contributed by atoms with van der Waals surface area (Å²) in [5.41, 5.74) is 5.40. The molecule has 0 radical (unpaired) electrons. The quantitative estimate of drug-likeness (QED) is 0.0431. The van der Waals surface area contributed by atoms with E-state index >= 15 is 0 Å². The van der Waals surface area contributed by atoms with Crippen LogP contribution >= 0.6 is 47.4 Å². The molecule has 8 rings (SSSR count). The molecule has 0 aliphatic carbocycles. The molecule has 0 amide bonds. The largest absolute Gasteiger partial charge is 1.00 e. The van der Waals surface area contributed by atoms with Gasteiger partial charge in [0.15, 0.2) is 0 Å². The van der Waals surface area contributed by atoms with Crippen molar-refractivity contribution in [3.8, 4) is 0 Å². The first-order valence-corrected chi connectivity index (χ1v) is 27.1. The van der Waals surface area contributed by atoms with Crippen LogP contribution in [0.5, 0.6) is 0 Å². The normalized spacial score (nSPS) is 10.4. The number of esters is 1. The van der Waals surface area contributed by atoms with Crippen LogP contribution in [0.2, 0.25) is 0 Å². The number of rotatable bonds is 15. The predicted octanol–water partition coefficient (Wildman–Crippen LogP) is 5.77. The Bertz CT molecular complexity index is 2600. The second-order valence-corrected chi connectivity index (χ2v) is 23.7. The van der Waals surface area contributed by atoms with E-state index in [1.807, 2.05) is 0 Å². The summed E-state index contributed by atoms with van der Waals surface area (Å²) in [6, 6.07) is 83.3. The fourth-order valence-corrected chi connectivity index (χ4v) is 16.7. The van der Waals surface area contributed by atoms with E-state index in [2.05, 4.69) is 260 Å². The molecule has 0 bridgehead atoms. The molecule has 0 heterocycles. The van der Waals surface area contributed by atoms with Crippen LogP contribution in [0.25, 0.3) is 0 Å². The van der Waals surface area contributed by atoms with Crippen molar-refractivity contribution in [2.75, 3.05) is 0 Å². The molecule has 352 valence electrons. The molecule has 0 saturated carbocycles. The summed E-state index contributed by atoms with van der Waals surface area (Å²) >= 11 is 3.56. The first-order chi connectivity index (χ1) is 32.6. The summed E-state index contributed by atoms with van der Waals surface area (Å²) in [7, 11) is -3.74. The van der Waals surface area contributed by atoms with Gasteiger partial charge in [-0.25, -0.2) is 4.79 Å². The van der Waals surface area contributed by atoms with Gasteiger partial charge >= 0.3 is 35.5 Å². The zero-order valence-corrected chi connectivity index (χ0v) is 48.5. The molecule has 0 aliphatic heterocycles. The maximum Gasteiger partial charge on any atom is 1.00 e. The fourth-order valence-electron chi connectivity index (χ4n) is 7.83. The zero-order chi connectivity index (χ0) is 47.5. The van der Waals surface area contributed by atoms with E-state index < -0.39 is 20.5 Å². The van der Waals surface area contributed by atoms with E-state index in [1.54, 1.807) is 6.92 Å². The van der Waals surface area contributed by atoms with Crippen molar-refractivity contribution >= 4 is 91.2 Å². The SMILES string of the molecule is Br.BrCc1ccc(C[P+](c2ccccc2)(c2ccccc2)c2ccccc2)cc1.C=C(C)C(=O)OCc1ccc(C[P+](c2ccccc2)(c2ccccc2)c2ccccc2)cc1.C=C(C)C(=O)[O-].[Br-].[Na+]. The number of carbonyl (C=O) groups is 2. The summed E-state index contributed by atoms with van der Waals surface area (Å²) < 4.78 is 5.31. The van der Waals surface area contributed by atoms with Gasteiger partial charge in [0.2, 0.25) is 0 Å². The van der Waals surface area contributed by atoms with Gasteiger partial charge in [-0.15, -0.1) is 17.0 Å². The molecule has 0 fully saturated rings. The van der Waals surface area contributed by atoms with Gasteiger partial charge in [0, 0.05) is 10.9 Å². The monoisotopic (exact) mass is 1160 g/mol. The van der Waals surface area contributed by atoms with Gasteiger partial charge in [0.25, 0.3) is 0 Å². The van der Waals surface area contributed by atoms with Crippen molar-refractivity contribution in [2.45, 2.75) is 38.1 Å². The average Bonchev–Trinajstić information content (AvgIpc) is 3.39. The van der Waals surface area contributed by atoms with Crippen molar-refractivity contribution in [3.63, 3.8) is 0 Å². The molecule has 0 aliphatic rings. The number of benzene rings is 8. The van der Waals surface area contributed by atoms with Gasteiger partial charge in [-0.2, -0.15) is 0 Å². The molecule has 8 aromatic rings. The Kier molecular flexibility index (Phi) is 25.9. The Morgan fingerprint density at radius 1 is 0.443 bits per heavy atom. The average molecular weight is 1170 g/mol. The molecule has 0 unspecified atom stereocenters. The number of ether oxygens (including phenoxy) is 1. The van der Waals surface area contributed by atoms with Crippen LogP contribution in [0.15, 0.2) is 255 Å². The molecule has 0 atom stereocenters. The standard InChI is InChI=1S/C30H28O2P.C26H23BrP.C4H6O2.2BrH.Na/c1-24(2)30(31)32-22-25-18-20-26(21-19-25)23-33(27-12-6-3-7-13-27,28-14-8-4-9-15-28)29-16-10-5-11-17-29;27-20-22-16-18-23(19-17-22)21-28(24-10-4-1-5-11-24,25-12-6-2-7-13-25)26-14-8-3-9-15-26;1-3(2)4(5)6;;;/h3-21H,1,22-23H2,2H3;1-19H,20-21H2;1H2,2H3,(H,5,6);2*1H;/q2*+1;;;;+1/p-2. The second kappa shape index (κ2) is 30.4. The first-order valence-electron chi connectivity index (χ1n) is 22.1. The molecule has 8 aromatic carbocycles.